The summed E-state index contributed by atoms with van der Waals surface area (Å²) in [7, 11) is 0.402. The molecule has 2 N–H and O–H groups in total. The van der Waals surface area contributed by atoms with Crippen molar-refractivity contribution in [3.8, 4) is 11.6 Å². The van der Waals surface area contributed by atoms with Gasteiger partial charge in [-0.2, -0.15) is 0 Å². The molecule has 8 nitrogen and oxygen atoms in total. The van der Waals surface area contributed by atoms with Crippen LogP contribution in [0.2, 0.25) is 5.02 Å². The van der Waals surface area contributed by atoms with Gasteiger partial charge in [0.25, 0.3) is 0 Å². The fraction of sp³-hybridized carbons (Fsp3) is 0.200. The molecule has 0 bridgehead atoms. The second-order valence-corrected chi connectivity index (χ2v) is 8.43. The molecule has 1 unspecified atom stereocenters. The molecule has 0 spiro atoms. The Hall–Kier alpha value is -3.24. The highest BCUT2D eigenvalue weighted by molar-refractivity contribution is 6.38. The van der Waals surface area contributed by atoms with Crippen LogP contribution in [0, 0.1) is 5.82 Å². The van der Waals surface area contributed by atoms with Gasteiger partial charge in [0.15, 0.2) is 11.6 Å². The minimum Gasteiger partial charge on any atom is -0.506 e. The number of benzene rings is 1. The Morgan fingerprint density at radius 3 is 2.97 bits per heavy atom. The molecule has 1 aliphatic heterocycles. The number of hydrogen-bond acceptors (Lipinski definition) is 7. The molecule has 1 fully saturated rings. The van der Waals surface area contributed by atoms with Gasteiger partial charge in [-0.15, -0.1) is 0 Å². The molecule has 0 aliphatic carbocycles. The van der Waals surface area contributed by atoms with E-state index in [0.29, 0.717) is 45.6 Å². The fourth-order valence-electron chi connectivity index (χ4n) is 3.07. The van der Waals surface area contributed by atoms with E-state index in [9.17, 15) is 14.3 Å². The number of amides is 1. The van der Waals surface area contributed by atoms with Crippen LogP contribution in [-0.2, 0) is 4.79 Å². The summed E-state index contributed by atoms with van der Waals surface area (Å²) in [5.74, 6) is -0.583. The lowest BCUT2D eigenvalue weighted by atomic mass is 10.2. The Labute approximate surface area is 184 Å². The van der Waals surface area contributed by atoms with Gasteiger partial charge in [0.1, 0.15) is 32.1 Å². The van der Waals surface area contributed by atoms with E-state index in [1.54, 1.807) is 17.0 Å². The van der Waals surface area contributed by atoms with Crippen molar-refractivity contribution in [1.82, 2.24) is 19.9 Å². The van der Waals surface area contributed by atoms with Crippen LogP contribution < -0.4 is 10.1 Å². The van der Waals surface area contributed by atoms with Gasteiger partial charge in [-0.1, -0.05) is 18.2 Å². The van der Waals surface area contributed by atoms with Crippen LogP contribution in [0.15, 0.2) is 43.2 Å². The fourth-order valence-corrected chi connectivity index (χ4v) is 4.51. The zero-order valence-electron chi connectivity index (χ0n) is 16.2. The minimum atomic E-state index is -0.803. The molecule has 4 rings (SSSR count). The van der Waals surface area contributed by atoms with Crippen molar-refractivity contribution >= 4 is 49.6 Å². The molecule has 1 atom stereocenters. The van der Waals surface area contributed by atoms with Crippen molar-refractivity contribution in [2.24, 2.45) is 0 Å². The number of aromatic hydroxyl groups is 1. The first-order chi connectivity index (χ1) is 15.0. The molecule has 158 valence electrons. The Morgan fingerprint density at radius 1 is 1.39 bits per heavy atom. The normalized spacial score (nSPS) is 16.2. The number of halogens is 2. The summed E-state index contributed by atoms with van der Waals surface area (Å²) < 4.78 is 20.4. The SMILES string of the molecule is C=CC(=O)N1CCC(Oc2ccc3ncnc(Nc4ccc(O)c(Cl)c4F)c3n2)[Si]C1. The number of anilines is 2. The molecule has 1 amide bonds. The number of fused-ring (bicyclic) bond motifs is 1. The Bertz CT molecular complexity index is 1160. The third-order valence-corrected chi connectivity index (χ3v) is 6.48. The molecule has 3 heterocycles. The number of ether oxygens (including phenoxy) is 1. The predicted molar refractivity (Wildman–Crippen MR) is 115 cm³/mol. The lowest BCUT2D eigenvalue weighted by Gasteiger charge is -2.30. The van der Waals surface area contributed by atoms with Gasteiger partial charge in [0, 0.05) is 18.8 Å². The number of nitrogens with zero attached hydrogens (tertiary/aromatic N) is 4. The number of phenols is 1. The zero-order valence-corrected chi connectivity index (χ0v) is 17.9. The number of rotatable bonds is 5. The van der Waals surface area contributed by atoms with Gasteiger partial charge >= 0.3 is 0 Å². The Balaban J connectivity index is 1.55. The summed E-state index contributed by atoms with van der Waals surface area (Å²) in [6, 6.07) is 6.08. The van der Waals surface area contributed by atoms with E-state index in [1.807, 2.05) is 0 Å². The second kappa shape index (κ2) is 8.86. The van der Waals surface area contributed by atoms with Crippen LogP contribution in [0.1, 0.15) is 6.42 Å². The summed E-state index contributed by atoms with van der Waals surface area (Å²) in [6.45, 7) is 4.10. The van der Waals surface area contributed by atoms with Crippen LogP contribution in [0.25, 0.3) is 11.0 Å². The molecule has 1 aromatic carbocycles. The highest BCUT2D eigenvalue weighted by atomic mass is 35.5. The molecule has 1 aliphatic rings. The zero-order chi connectivity index (χ0) is 22.0. The van der Waals surface area contributed by atoms with Crippen LogP contribution in [0.3, 0.4) is 0 Å². The van der Waals surface area contributed by atoms with Crippen molar-refractivity contribution in [3.63, 3.8) is 0 Å². The average Bonchev–Trinajstić information content (AvgIpc) is 2.79. The van der Waals surface area contributed by atoms with Crippen LogP contribution in [0.4, 0.5) is 15.9 Å². The summed E-state index contributed by atoms with van der Waals surface area (Å²) in [4.78, 5) is 26.3. The molecule has 2 aromatic heterocycles. The lowest BCUT2D eigenvalue weighted by Crippen LogP contribution is -2.46. The van der Waals surface area contributed by atoms with E-state index in [-0.39, 0.29) is 33.9 Å². The molecule has 31 heavy (non-hydrogen) atoms. The first-order valence-corrected chi connectivity index (χ1v) is 11.0. The van der Waals surface area contributed by atoms with Crippen molar-refractivity contribution in [3.05, 3.63) is 54.1 Å². The van der Waals surface area contributed by atoms with Crippen molar-refractivity contribution in [2.75, 3.05) is 18.0 Å². The van der Waals surface area contributed by atoms with Crippen molar-refractivity contribution < 1.29 is 19.0 Å². The van der Waals surface area contributed by atoms with Crippen molar-refractivity contribution in [2.45, 2.75) is 12.1 Å². The van der Waals surface area contributed by atoms with Crippen molar-refractivity contribution in [1.29, 1.82) is 0 Å². The number of hydrogen-bond donors (Lipinski definition) is 2. The van der Waals surface area contributed by atoms with E-state index in [2.05, 4.69) is 26.8 Å². The largest absolute Gasteiger partial charge is 0.506 e. The van der Waals surface area contributed by atoms with Gasteiger partial charge in [-0.25, -0.2) is 19.3 Å². The summed E-state index contributed by atoms with van der Waals surface area (Å²) in [5, 5.41) is 12.0. The van der Waals surface area contributed by atoms with Gasteiger partial charge < -0.3 is 20.1 Å². The number of pyridine rings is 1. The lowest BCUT2D eigenvalue weighted by molar-refractivity contribution is -0.125. The maximum Gasteiger partial charge on any atom is 0.245 e. The number of phenolic OH excluding ortho intramolecular Hbond substituents is 1. The number of aromatic nitrogens is 3. The first kappa shape index (κ1) is 21.0. The molecule has 3 aromatic rings. The molecule has 2 radical (unpaired) electrons. The van der Waals surface area contributed by atoms with E-state index in [1.165, 1.54) is 24.5 Å². The number of nitrogens with one attached hydrogen (secondary N) is 1. The Morgan fingerprint density at radius 2 is 2.23 bits per heavy atom. The standard InChI is InChI=1S/C20H17ClFN5O3Si/c1-2-15(29)27-8-7-16(31-10-27)30-14-6-4-12-19(26-14)20(24-9-23-12)25-11-3-5-13(28)17(21)18(11)22/h2-6,9,16,28H,1,7-8,10H2,(H,23,24,25). The van der Waals surface area contributed by atoms with E-state index < -0.39 is 5.82 Å². The summed E-state index contributed by atoms with van der Waals surface area (Å²) in [6.07, 6.45) is 3.95. The number of carbonyl (C=O) groups excluding carboxylic acids is 1. The number of carbonyl (C=O) groups is 1. The van der Waals surface area contributed by atoms with Crippen LogP contribution in [0.5, 0.6) is 11.6 Å². The molecular formula is C20H17ClFN5O3Si. The monoisotopic (exact) mass is 457 g/mol. The highest BCUT2D eigenvalue weighted by Gasteiger charge is 2.24. The van der Waals surface area contributed by atoms with E-state index in [0.717, 1.165) is 0 Å². The van der Waals surface area contributed by atoms with Crippen LogP contribution >= 0.6 is 11.6 Å². The third-order valence-electron chi connectivity index (χ3n) is 4.69. The molecule has 11 heteroatoms. The van der Waals surface area contributed by atoms with Gasteiger partial charge in [-0.3, -0.25) is 4.79 Å². The second-order valence-electron chi connectivity index (χ2n) is 6.69. The summed E-state index contributed by atoms with van der Waals surface area (Å²) >= 11 is 5.78. The predicted octanol–water partition coefficient (Wildman–Crippen LogP) is 3.05. The molecular weight excluding hydrogens is 441 g/mol. The average molecular weight is 458 g/mol. The Kier molecular flexibility index (Phi) is 6.00. The van der Waals surface area contributed by atoms with Gasteiger partial charge in [0.05, 0.1) is 16.9 Å². The highest BCUT2D eigenvalue weighted by Crippen LogP contribution is 2.33. The third kappa shape index (κ3) is 4.44. The van der Waals surface area contributed by atoms with Gasteiger partial charge in [-0.05, 0) is 30.7 Å². The molecule has 1 saturated heterocycles. The quantitative estimate of drug-likeness (QED) is 0.345. The maximum atomic E-state index is 14.4. The van der Waals surface area contributed by atoms with E-state index in [4.69, 9.17) is 16.3 Å². The first-order valence-electron chi connectivity index (χ1n) is 9.33. The van der Waals surface area contributed by atoms with E-state index >= 15 is 0 Å². The molecule has 0 saturated carbocycles. The van der Waals surface area contributed by atoms with Gasteiger partial charge in [0.2, 0.25) is 11.8 Å². The smallest absolute Gasteiger partial charge is 0.245 e. The maximum absolute atomic E-state index is 14.4. The minimum absolute atomic E-state index is 0.0386. The summed E-state index contributed by atoms with van der Waals surface area (Å²) in [5.41, 5.74) is 0.917. The van der Waals surface area contributed by atoms with Crippen LogP contribution in [-0.4, -0.2) is 58.8 Å². The topological polar surface area (TPSA) is 100 Å².